The van der Waals surface area contributed by atoms with Gasteiger partial charge in [-0.25, -0.2) is 0 Å². The van der Waals surface area contributed by atoms with Crippen molar-refractivity contribution in [2.24, 2.45) is 0 Å². The molecule has 0 saturated carbocycles. The number of rotatable bonds is 2. The molecule has 1 aromatic carbocycles. The summed E-state index contributed by atoms with van der Waals surface area (Å²) in [6.07, 6.45) is 1.92. The molecular formula is C15H17BrN2O2. The van der Waals surface area contributed by atoms with Gasteiger partial charge < -0.3 is 15.1 Å². The van der Waals surface area contributed by atoms with E-state index < -0.39 is 0 Å². The number of piperidine rings is 1. The van der Waals surface area contributed by atoms with E-state index in [1.165, 1.54) is 0 Å². The van der Waals surface area contributed by atoms with Gasteiger partial charge >= 0.3 is 0 Å². The molecule has 2 heterocycles. The number of amides is 1. The summed E-state index contributed by atoms with van der Waals surface area (Å²) in [5.41, 5.74) is 0.733. The van der Waals surface area contributed by atoms with Crippen LogP contribution < -0.4 is 10.6 Å². The highest BCUT2D eigenvalue weighted by Crippen LogP contribution is 2.23. The minimum Gasteiger partial charge on any atom is -0.451 e. The molecule has 2 atom stereocenters. The number of nitrogens with one attached hydrogen (secondary N) is 2. The molecule has 0 radical (unpaired) electrons. The van der Waals surface area contributed by atoms with Gasteiger partial charge in [0.1, 0.15) is 5.58 Å². The number of hydrogen-bond donors (Lipinski definition) is 2. The highest BCUT2D eigenvalue weighted by atomic mass is 79.9. The standard InChI is InChI=1S/C15H17BrN2O2/c1-9-6-12(4-5-17-9)18-15(19)14-8-10-7-11(16)2-3-13(10)20-14/h2-3,7-9,12,17H,4-6H2,1H3,(H,18,19). The molecule has 5 heteroatoms. The van der Waals surface area contributed by atoms with Gasteiger partial charge in [0.15, 0.2) is 5.76 Å². The molecule has 0 spiro atoms. The van der Waals surface area contributed by atoms with Crippen LogP contribution in [-0.2, 0) is 0 Å². The number of halogens is 1. The molecule has 1 fully saturated rings. The summed E-state index contributed by atoms with van der Waals surface area (Å²) in [6.45, 7) is 3.08. The second-order valence-corrected chi connectivity index (χ2v) is 6.26. The van der Waals surface area contributed by atoms with Crippen LogP contribution in [0.2, 0.25) is 0 Å². The summed E-state index contributed by atoms with van der Waals surface area (Å²) in [5.74, 6) is 0.251. The zero-order valence-corrected chi connectivity index (χ0v) is 12.9. The molecule has 1 saturated heterocycles. The average molecular weight is 337 g/mol. The Labute approximate surface area is 126 Å². The van der Waals surface area contributed by atoms with E-state index in [2.05, 4.69) is 33.5 Å². The van der Waals surface area contributed by atoms with Gasteiger partial charge in [0.05, 0.1) is 0 Å². The Hall–Kier alpha value is -1.33. The van der Waals surface area contributed by atoms with Gasteiger partial charge in [0, 0.05) is 21.9 Å². The van der Waals surface area contributed by atoms with Crippen LogP contribution in [0.25, 0.3) is 11.0 Å². The number of fused-ring (bicyclic) bond motifs is 1. The molecule has 2 aromatic rings. The van der Waals surface area contributed by atoms with Gasteiger partial charge in [-0.3, -0.25) is 4.79 Å². The summed E-state index contributed by atoms with van der Waals surface area (Å²) in [6, 6.07) is 8.17. The van der Waals surface area contributed by atoms with E-state index in [9.17, 15) is 4.79 Å². The molecule has 106 valence electrons. The number of carbonyl (C=O) groups is 1. The quantitative estimate of drug-likeness (QED) is 0.886. The van der Waals surface area contributed by atoms with Crippen LogP contribution in [0.4, 0.5) is 0 Å². The third-order valence-electron chi connectivity index (χ3n) is 3.66. The largest absolute Gasteiger partial charge is 0.451 e. The highest BCUT2D eigenvalue weighted by Gasteiger charge is 2.22. The minimum absolute atomic E-state index is 0.128. The summed E-state index contributed by atoms with van der Waals surface area (Å²) in [5, 5.41) is 7.36. The van der Waals surface area contributed by atoms with Crippen molar-refractivity contribution >= 4 is 32.8 Å². The Kier molecular flexibility index (Phi) is 3.81. The van der Waals surface area contributed by atoms with Gasteiger partial charge in [-0.05, 0) is 50.6 Å². The number of hydrogen-bond acceptors (Lipinski definition) is 3. The second kappa shape index (κ2) is 5.58. The third-order valence-corrected chi connectivity index (χ3v) is 4.15. The third kappa shape index (κ3) is 2.88. The Balaban J connectivity index is 1.75. The van der Waals surface area contributed by atoms with E-state index in [0.29, 0.717) is 11.8 Å². The van der Waals surface area contributed by atoms with E-state index in [1.807, 2.05) is 18.2 Å². The molecule has 1 aromatic heterocycles. The van der Waals surface area contributed by atoms with Gasteiger partial charge in [0.25, 0.3) is 5.91 Å². The van der Waals surface area contributed by atoms with Gasteiger partial charge in [-0.1, -0.05) is 15.9 Å². The second-order valence-electron chi connectivity index (χ2n) is 5.34. The van der Waals surface area contributed by atoms with E-state index in [1.54, 1.807) is 6.07 Å². The van der Waals surface area contributed by atoms with Crippen LogP contribution in [-0.4, -0.2) is 24.5 Å². The zero-order chi connectivity index (χ0) is 14.1. The first-order valence-electron chi connectivity index (χ1n) is 6.85. The SMILES string of the molecule is CC1CC(NC(=O)c2cc3cc(Br)ccc3o2)CCN1. The molecule has 2 unspecified atom stereocenters. The average Bonchev–Trinajstić information content (AvgIpc) is 2.81. The van der Waals surface area contributed by atoms with Crippen molar-refractivity contribution in [3.8, 4) is 0 Å². The lowest BCUT2D eigenvalue weighted by atomic mass is 10.0. The lowest BCUT2D eigenvalue weighted by Crippen LogP contribution is -2.46. The van der Waals surface area contributed by atoms with Crippen molar-refractivity contribution < 1.29 is 9.21 Å². The maximum absolute atomic E-state index is 12.2. The number of furan rings is 1. The zero-order valence-electron chi connectivity index (χ0n) is 11.3. The van der Waals surface area contributed by atoms with Crippen molar-refractivity contribution in [2.45, 2.75) is 31.8 Å². The molecule has 1 aliphatic rings. The van der Waals surface area contributed by atoms with Crippen molar-refractivity contribution in [1.82, 2.24) is 10.6 Å². The lowest BCUT2D eigenvalue weighted by molar-refractivity contribution is 0.0899. The van der Waals surface area contributed by atoms with E-state index in [-0.39, 0.29) is 11.9 Å². The lowest BCUT2D eigenvalue weighted by Gasteiger charge is -2.28. The summed E-state index contributed by atoms with van der Waals surface area (Å²) < 4.78 is 6.58. The fourth-order valence-electron chi connectivity index (χ4n) is 2.65. The molecule has 0 aliphatic carbocycles. The van der Waals surface area contributed by atoms with E-state index in [0.717, 1.165) is 34.8 Å². The van der Waals surface area contributed by atoms with Gasteiger partial charge in [0.2, 0.25) is 0 Å². The van der Waals surface area contributed by atoms with Crippen molar-refractivity contribution in [2.75, 3.05) is 6.54 Å². The summed E-state index contributed by atoms with van der Waals surface area (Å²) >= 11 is 3.42. The van der Waals surface area contributed by atoms with Crippen LogP contribution in [0.3, 0.4) is 0 Å². The van der Waals surface area contributed by atoms with E-state index >= 15 is 0 Å². The molecule has 2 N–H and O–H groups in total. The maximum atomic E-state index is 12.2. The summed E-state index contributed by atoms with van der Waals surface area (Å²) in [4.78, 5) is 12.2. The fourth-order valence-corrected chi connectivity index (χ4v) is 3.02. The molecule has 20 heavy (non-hydrogen) atoms. The van der Waals surface area contributed by atoms with Gasteiger partial charge in [-0.15, -0.1) is 0 Å². The molecular weight excluding hydrogens is 320 g/mol. The first-order valence-corrected chi connectivity index (χ1v) is 7.64. The van der Waals surface area contributed by atoms with Crippen LogP contribution in [0, 0.1) is 0 Å². The highest BCUT2D eigenvalue weighted by molar-refractivity contribution is 9.10. The Morgan fingerprint density at radius 3 is 3.10 bits per heavy atom. The van der Waals surface area contributed by atoms with Crippen LogP contribution in [0.15, 0.2) is 33.2 Å². The first kappa shape index (κ1) is 13.6. The molecule has 0 bridgehead atoms. The molecule has 1 aliphatic heterocycles. The Bertz CT molecular complexity index is 638. The van der Waals surface area contributed by atoms with Crippen molar-refractivity contribution in [3.05, 3.63) is 34.5 Å². The van der Waals surface area contributed by atoms with Crippen molar-refractivity contribution in [3.63, 3.8) is 0 Å². The Morgan fingerprint density at radius 2 is 2.30 bits per heavy atom. The first-order chi connectivity index (χ1) is 9.61. The fraction of sp³-hybridized carbons (Fsp3) is 0.400. The normalized spacial score (nSPS) is 22.9. The smallest absolute Gasteiger partial charge is 0.287 e. The Morgan fingerprint density at radius 1 is 1.45 bits per heavy atom. The maximum Gasteiger partial charge on any atom is 0.287 e. The van der Waals surface area contributed by atoms with Crippen LogP contribution >= 0.6 is 15.9 Å². The number of benzene rings is 1. The predicted molar refractivity (Wildman–Crippen MR) is 81.9 cm³/mol. The number of carbonyl (C=O) groups excluding carboxylic acids is 1. The molecule has 3 rings (SSSR count). The summed E-state index contributed by atoms with van der Waals surface area (Å²) in [7, 11) is 0. The monoisotopic (exact) mass is 336 g/mol. The topological polar surface area (TPSA) is 54.3 Å². The van der Waals surface area contributed by atoms with Crippen molar-refractivity contribution in [1.29, 1.82) is 0 Å². The van der Waals surface area contributed by atoms with Crippen LogP contribution in [0.1, 0.15) is 30.3 Å². The van der Waals surface area contributed by atoms with E-state index in [4.69, 9.17) is 4.42 Å². The molecule has 4 nitrogen and oxygen atoms in total. The minimum atomic E-state index is -0.128. The predicted octanol–water partition coefficient (Wildman–Crippen LogP) is 3.07. The van der Waals surface area contributed by atoms with Gasteiger partial charge in [-0.2, -0.15) is 0 Å². The molecule has 1 amide bonds. The van der Waals surface area contributed by atoms with Crippen LogP contribution in [0.5, 0.6) is 0 Å².